The number of urea groups is 1. The van der Waals surface area contributed by atoms with Gasteiger partial charge in [0, 0.05) is 15.8 Å². The van der Waals surface area contributed by atoms with Crippen LogP contribution in [0.15, 0.2) is 46.9 Å². The molecule has 0 atom stereocenters. The number of anilines is 2. The van der Waals surface area contributed by atoms with Gasteiger partial charge >= 0.3 is 6.03 Å². The fraction of sp³-hybridized carbons (Fsp3) is 0.133. The highest BCUT2D eigenvalue weighted by atomic mass is 79.9. The van der Waals surface area contributed by atoms with E-state index in [4.69, 9.17) is 0 Å². The van der Waals surface area contributed by atoms with Gasteiger partial charge < -0.3 is 10.6 Å². The minimum absolute atomic E-state index is 0.240. The van der Waals surface area contributed by atoms with Crippen molar-refractivity contribution in [1.82, 2.24) is 0 Å². The van der Waals surface area contributed by atoms with Crippen LogP contribution in [0.25, 0.3) is 0 Å². The van der Waals surface area contributed by atoms with Crippen molar-refractivity contribution in [3.8, 4) is 0 Å². The van der Waals surface area contributed by atoms with E-state index in [1.807, 2.05) is 56.3 Å². The Hall–Kier alpha value is -1.81. The Morgan fingerprint density at radius 3 is 2.42 bits per heavy atom. The van der Waals surface area contributed by atoms with E-state index in [1.165, 1.54) is 0 Å². The first-order chi connectivity index (χ1) is 9.06. The van der Waals surface area contributed by atoms with E-state index >= 15 is 0 Å². The van der Waals surface area contributed by atoms with E-state index in [9.17, 15) is 4.79 Å². The number of halogens is 1. The second-order valence-electron chi connectivity index (χ2n) is 4.36. The van der Waals surface area contributed by atoms with E-state index in [1.54, 1.807) is 0 Å². The summed E-state index contributed by atoms with van der Waals surface area (Å²) in [5.41, 5.74) is 3.69. The van der Waals surface area contributed by atoms with E-state index in [0.717, 1.165) is 27.0 Å². The number of aryl methyl sites for hydroxylation is 2. The zero-order chi connectivity index (χ0) is 13.8. The summed E-state index contributed by atoms with van der Waals surface area (Å²) in [7, 11) is 0. The van der Waals surface area contributed by atoms with Crippen molar-refractivity contribution in [2.75, 3.05) is 10.6 Å². The molecule has 2 aromatic rings. The van der Waals surface area contributed by atoms with Crippen molar-refractivity contribution >= 4 is 33.3 Å². The van der Waals surface area contributed by atoms with Crippen LogP contribution in [-0.4, -0.2) is 6.03 Å². The third-order valence-corrected chi connectivity index (χ3v) is 3.70. The number of para-hydroxylation sites is 1. The van der Waals surface area contributed by atoms with E-state index < -0.39 is 0 Å². The first-order valence-electron chi connectivity index (χ1n) is 5.96. The fourth-order valence-corrected chi connectivity index (χ4v) is 1.97. The Balaban J connectivity index is 2.05. The zero-order valence-corrected chi connectivity index (χ0v) is 12.4. The van der Waals surface area contributed by atoms with Crippen molar-refractivity contribution in [2.45, 2.75) is 13.8 Å². The number of carbonyl (C=O) groups excluding carboxylic acids is 1. The maximum absolute atomic E-state index is 11.9. The minimum Gasteiger partial charge on any atom is -0.308 e. The molecule has 0 radical (unpaired) electrons. The molecule has 0 spiro atoms. The van der Waals surface area contributed by atoms with Gasteiger partial charge in [0.1, 0.15) is 0 Å². The highest BCUT2D eigenvalue weighted by Gasteiger charge is 2.05. The number of nitrogens with one attached hydrogen (secondary N) is 2. The highest BCUT2D eigenvalue weighted by Crippen LogP contribution is 2.20. The van der Waals surface area contributed by atoms with Crippen LogP contribution in [0, 0.1) is 13.8 Å². The number of rotatable bonds is 2. The molecule has 98 valence electrons. The van der Waals surface area contributed by atoms with Gasteiger partial charge in [0.25, 0.3) is 0 Å². The molecule has 2 amide bonds. The first kappa shape index (κ1) is 13.6. The molecule has 0 aromatic heterocycles. The summed E-state index contributed by atoms with van der Waals surface area (Å²) in [5.74, 6) is 0. The van der Waals surface area contributed by atoms with Gasteiger partial charge in [0.15, 0.2) is 0 Å². The Kier molecular flexibility index (Phi) is 4.22. The zero-order valence-electron chi connectivity index (χ0n) is 10.8. The lowest BCUT2D eigenvalue weighted by atomic mass is 10.2. The fourth-order valence-electron chi connectivity index (χ4n) is 1.72. The van der Waals surface area contributed by atoms with E-state index in [-0.39, 0.29) is 6.03 Å². The molecule has 0 fully saturated rings. The topological polar surface area (TPSA) is 41.1 Å². The van der Waals surface area contributed by atoms with E-state index in [0.29, 0.717) is 0 Å². The second kappa shape index (κ2) is 5.89. The molecule has 0 heterocycles. The summed E-state index contributed by atoms with van der Waals surface area (Å²) >= 11 is 3.43. The standard InChI is InChI=1S/C15H15BrN2O/c1-10-5-3-4-6-14(10)18-15(19)17-12-7-8-13(16)11(2)9-12/h3-9H,1-2H3,(H2,17,18,19). The smallest absolute Gasteiger partial charge is 0.308 e. The van der Waals surface area contributed by atoms with Crippen molar-refractivity contribution in [2.24, 2.45) is 0 Å². The summed E-state index contributed by atoms with van der Waals surface area (Å²) in [4.78, 5) is 11.9. The van der Waals surface area contributed by atoms with Gasteiger partial charge in [-0.2, -0.15) is 0 Å². The summed E-state index contributed by atoms with van der Waals surface area (Å²) < 4.78 is 1.03. The maximum Gasteiger partial charge on any atom is 0.323 e. The molecule has 2 N–H and O–H groups in total. The lowest BCUT2D eigenvalue weighted by Gasteiger charge is -2.10. The average molecular weight is 319 g/mol. The SMILES string of the molecule is Cc1cc(NC(=O)Nc2ccccc2C)ccc1Br. The molecule has 2 aromatic carbocycles. The summed E-state index contributed by atoms with van der Waals surface area (Å²) in [5, 5.41) is 5.65. The van der Waals surface area contributed by atoms with Gasteiger partial charge in [-0.05, 0) is 49.2 Å². The van der Waals surface area contributed by atoms with Crippen LogP contribution in [0.5, 0.6) is 0 Å². The Labute approximate surface area is 121 Å². The van der Waals surface area contributed by atoms with Gasteiger partial charge in [-0.1, -0.05) is 34.1 Å². The monoisotopic (exact) mass is 318 g/mol. The van der Waals surface area contributed by atoms with Crippen molar-refractivity contribution in [1.29, 1.82) is 0 Å². The van der Waals surface area contributed by atoms with Crippen LogP contribution in [0.2, 0.25) is 0 Å². The highest BCUT2D eigenvalue weighted by molar-refractivity contribution is 9.10. The molecule has 0 aliphatic heterocycles. The lowest BCUT2D eigenvalue weighted by Crippen LogP contribution is -2.19. The van der Waals surface area contributed by atoms with Gasteiger partial charge in [-0.3, -0.25) is 0 Å². The summed E-state index contributed by atoms with van der Waals surface area (Å²) in [6.07, 6.45) is 0. The maximum atomic E-state index is 11.9. The number of amides is 2. The molecule has 0 aliphatic carbocycles. The second-order valence-corrected chi connectivity index (χ2v) is 5.21. The molecule has 0 bridgehead atoms. The average Bonchev–Trinajstić information content (AvgIpc) is 2.37. The number of carbonyl (C=O) groups is 1. The molecular weight excluding hydrogens is 304 g/mol. The van der Waals surface area contributed by atoms with Gasteiger partial charge in [0.05, 0.1) is 0 Å². The Morgan fingerprint density at radius 1 is 1.00 bits per heavy atom. The van der Waals surface area contributed by atoms with Crippen LogP contribution < -0.4 is 10.6 Å². The lowest BCUT2D eigenvalue weighted by molar-refractivity contribution is 0.262. The number of hydrogen-bond acceptors (Lipinski definition) is 1. The van der Waals surface area contributed by atoms with Gasteiger partial charge in [0.2, 0.25) is 0 Å². The molecule has 0 aliphatic rings. The Bertz CT molecular complexity index is 611. The third kappa shape index (κ3) is 3.58. The number of hydrogen-bond donors (Lipinski definition) is 2. The molecular formula is C15H15BrN2O. The normalized spacial score (nSPS) is 10.1. The molecule has 2 rings (SSSR count). The third-order valence-electron chi connectivity index (χ3n) is 2.81. The molecule has 0 saturated heterocycles. The van der Waals surface area contributed by atoms with Crippen molar-refractivity contribution in [3.05, 3.63) is 58.1 Å². The Morgan fingerprint density at radius 2 is 1.74 bits per heavy atom. The van der Waals surface area contributed by atoms with Crippen LogP contribution in [0.4, 0.5) is 16.2 Å². The molecule has 0 unspecified atom stereocenters. The molecule has 19 heavy (non-hydrogen) atoms. The summed E-state index contributed by atoms with van der Waals surface area (Å²) in [6, 6.07) is 13.1. The van der Waals surface area contributed by atoms with Gasteiger partial charge in [-0.15, -0.1) is 0 Å². The van der Waals surface area contributed by atoms with Crippen LogP contribution in [-0.2, 0) is 0 Å². The quantitative estimate of drug-likeness (QED) is 0.827. The van der Waals surface area contributed by atoms with Crippen LogP contribution >= 0.6 is 15.9 Å². The van der Waals surface area contributed by atoms with E-state index in [2.05, 4.69) is 26.6 Å². The minimum atomic E-state index is -0.240. The van der Waals surface area contributed by atoms with Crippen molar-refractivity contribution in [3.63, 3.8) is 0 Å². The predicted octanol–water partition coefficient (Wildman–Crippen LogP) is 4.71. The largest absolute Gasteiger partial charge is 0.323 e. The summed E-state index contributed by atoms with van der Waals surface area (Å²) in [6.45, 7) is 3.94. The van der Waals surface area contributed by atoms with Crippen LogP contribution in [0.3, 0.4) is 0 Å². The van der Waals surface area contributed by atoms with Crippen molar-refractivity contribution < 1.29 is 4.79 Å². The first-order valence-corrected chi connectivity index (χ1v) is 6.75. The number of benzene rings is 2. The molecule has 4 heteroatoms. The van der Waals surface area contributed by atoms with Crippen LogP contribution in [0.1, 0.15) is 11.1 Å². The predicted molar refractivity (Wildman–Crippen MR) is 82.7 cm³/mol. The molecule has 0 saturated carbocycles. The van der Waals surface area contributed by atoms with Gasteiger partial charge in [-0.25, -0.2) is 4.79 Å². The molecule has 3 nitrogen and oxygen atoms in total.